The summed E-state index contributed by atoms with van der Waals surface area (Å²) in [5.74, 6) is 0.978. The molecule has 1 aromatic heterocycles. The molecule has 0 radical (unpaired) electrons. The smallest absolute Gasteiger partial charge is 0.222 e. The molecule has 2 saturated heterocycles. The Bertz CT molecular complexity index is 729. The van der Waals surface area contributed by atoms with Gasteiger partial charge in [-0.25, -0.2) is 0 Å². The SMILES string of the molecule is O=C1CCCN1C[C@@H]1CCCN(Cc2ccc(-c3ccccn3)cc2)C1. The van der Waals surface area contributed by atoms with Crippen molar-refractivity contribution in [1.82, 2.24) is 14.8 Å². The highest BCUT2D eigenvalue weighted by Crippen LogP contribution is 2.23. The second-order valence-corrected chi connectivity index (χ2v) is 7.60. The van der Waals surface area contributed by atoms with Crippen LogP contribution in [-0.2, 0) is 11.3 Å². The Morgan fingerprint density at radius 2 is 1.92 bits per heavy atom. The maximum absolute atomic E-state index is 11.9. The van der Waals surface area contributed by atoms with E-state index in [4.69, 9.17) is 0 Å². The fraction of sp³-hybridized carbons (Fsp3) is 0.455. The molecule has 136 valence electrons. The molecular weight excluding hydrogens is 322 g/mol. The summed E-state index contributed by atoms with van der Waals surface area (Å²) in [6.45, 7) is 5.17. The van der Waals surface area contributed by atoms with Crippen molar-refractivity contribution in [1.29, 1.82) is 0 Å². The first-order valence-corrected chi connectivity index (χ1v) is 9.78. The summed E-state index contributed by atoms with van der Waals surface area (Å²) in [6, 6.07) is 14.8. The fourth-order valence-electron chi connectivity index (χ4n) is 4.23. The topological polar surface area (TPSA) is 36.4 Å². The lowest BCUT2D eigenvalue weighted by molar-refractivity contribution is -0.128. The molecule has 4 heteroatoms. The number of hydrogen-bond acceptors (Lipinski definition) is 3. The van der Waals surface area contributed by atoms with Gasteiger partial charge in [-0.3, -0.25) is 14.7 Å². The van der Waals surface area contributed by atoms with Crippen LogP contribution in [0.2, 0.25) is 0 Å². The van der Waals surface area contributed by atoms with Crippen molar-refractivity contribution in [2.75, 3.05) is 26.2 Å². The van der Waals surface area contributed by atoms with Crippen molar-refractivity contribution >= 4 is 5.91 Å². The molecule has 0 spiro atoms. The lowest BCUT2D eigenvalue weighted by atomic mass is 9.97. The minimum Gasteiger partial charge on any atom is -0.342 e. The second-order valence-electron chi connectivity index (χ2n) is 7.60. The predicted molar refractivity (Wildman–Crippen MR) is 103 cm³/mol. The summed E-state index contributed by atoms with van der Waals surface area (Å²) in [6.07, 6.45) is 6.11. The standard InChI is InChI=1S/C22H27N3O/c26-22-7-4-14-25(22)17-19-5-3-13-24(16-19)15-18-8-10-20(11-9-18)21-6-1-2-12-23-21/h1-2,6,8-12,19H,3-5,7,13-17H2/t19-/m1/s1. The van der Waals surface area contributed by atoms with Crippen molar-refractivity contribution in [3.05, 3.63) is 54.2 Å². The molecule has 1 aromatic carbocycles. The van der Waals surface area contributed by atoms with E-state index >= 15 is 0 Å². The normalized spacial score (nSPS) is 21.3. The van der Waals surface area contributed by atoms with Crippen LogP contribution in [0.25, 0.3) is 11.3 Å². The van der Waals surface area contributed by atoms with E-state index < -0.39 is 0 Å². The number of rotatable bonds is 5. The monoisotopic (exact) mass is 349 g/mol. The van der Waals surface area contributed by atoms with E-state index in [2.05, 4.69) is 39.0 Å². The predicted octanol–water partition coefficient (Wildman–Crippen LogP) is 3.58. The Labute approximate surface area is 155 Å². The number of carbonyl (C=O) groups excluding carboxylic acids is 1. The van der Waals surface area contributed by atoms with Crippen molar-refractivity contribution in [2.24, 2.45) is 5.92 Å². The van der Waals surface area contributed by atoms with Gasteiger partial charge in [-0.2, -0.15) is 0 Å². The molecule has 4 nitrogen and oxygen atoms in total. The molecule has 0 N–H and O–H groups in total. The number of likely N-dealkylation sites (tertiary alicyclic amines) is 2. The third-order valence-corrected chi connectivity index (χ3v) is 5.57. The van der Waals surface area contributed by atoms with Gasteiger partial charge in [0.05, 0.1) is 5.69 Å². The van der Waals surface area contributed by atoms with Gasteiger partial charge >= 0.3 is 0 Å². The van der Waals surface area contributed by atoms with E-state index in [1.807, 2.05) is 24.4 Å². The summed E-state index contributed by atoms with van der Waals surface area (Å²) in [7, 11) is 0. The van der Waals surface area contributed by atoms with Crippen LogP contribution in [0.4, 0.5) is 0 Å². The van der Waals surface area contributed by atoms with E-state index in [9.17, 15) is 4.79 Å². The summed E-state index contributed by atoms with van der Waals surface area (Å²) < 4.78 is 0. The average Bonchev–Trinajstić information content (AvgIpc) is 3.08. The van der Waals surface area contributed by atoms with Gasteiger partial charge in [-0.15, -0.1) is 0 Å². The van der Waals surface area contributed by atoms with Gasteiger partial charge in [-0.1, -0.05) is 30.3 Å². The first-order chi connectivity index (χ1) is 12.8. The number of piperidine rings is 1. The third-order valence-electron chi connectivity index (χ3n) is 5.57. The second kappa shape index (κ2) is 8.00. The Kier molecular flexibility index (Phi) is 5.30. The highest BCUT2D eigenvalue weighted by molar-refractivity contribution is 5.78. The van der Waals surface area contributed by atoms with Gasteiger partial charge in [0.1, 0.15) is 0 Å². The summed E-state index contributed by atoms with van der Waals surface area (Å²) >= 11 is 0. The molecule has 2 aromatic rings. The zero-order valence-corrected chi connectivity index (χ0v) is 15.3. The number of carbonyl (C=O) groups is 1. The van der Waals surface area contributed by atoms with Gasteiger partial charge in [0, 0.05) is 44.4 Å². The Balaban J connectivity index is 1.34. The van der Waals surface area contributed by atoms with Crippen molar-refractivity contribution in [3.63, 3.8) is 0 Å². The molecule has 2 aliphatic heterocycles. The molecule has 26 heavy (non-hydrogen) atoms. The van der Waals surface area contributed by atoms with Crippen LogP contribution in [0.3, 0.4) is 0 Å². The van der Waals surface area contributed by atoms with Crippen molar-refractivity contribution in [2.45, 2.75) is 32.2 Å². The third kappa shape index (κ3) is 4.13. The Hall–Kier alpha value is -2.20. The molecule has 1 amide bonds. The van der Waals surface area contributed by atoms with Crippen LogP contribution in [0.15, 0.2) is 48.7 Å². The van der Waals surface area contributed by atoms with Gasteiger partial charge in [0.15, 0.2) is 0 Å². The molecule has 3 heterocycles. The molecular formula is C22H27N3O. The zero-order valence-electron chi connectivity index (χ0n) is 15.3. The van der Waals surface area contributed by atoms with E-state index in [1.165, 1.54) is 24.0 Å². The minimum absolute atomic E-state index is 0.354. The van der Waals surface area contributed by atoms with Gasteiger partial charge in [-0.05, 0) is 49.4 Å². The zero-order chi connectivity index (χ0) is 17.8. The van der Waals surface area contributed by atoms with Crippen LogP contribution >= 0.6 is 0 Å². The first kappa shape index (κ1) is 17.2. The highest BCUT2D eigenvalue weighted by atomic mass is 16.2. The number of pyridine rings is 1. The van der Waals surface area contributed by atoms with Crippen LogP contribution in [-0.4, -0.2) is 46.9 Å². The molecule has 0 unspecified atom stereocenters. The number of amides is 1. The van der Waals surface area contributed by atoms with Gasteiger partial charge in [0.25, 0.3) is 0 Å². The minimum atomic E-state index is 0.354. The number of aromatic nitrogens is 1. The van der Waals surface area contributed by atoms with Crippen molar-refractivity contribution < 1.29 is 4.79 Å². The summed E-state index contributed by atoms with van der Waals surface area (Å²) in [4.78, 5) is 20.9. The number of benzene rings is 1. The molecule has 4 rings (SSSR count). The van der Waals surface area contributed by atoms with Crippen LogP contribution in [0.1, 0.15) is 31.2 Å². The largest absolute Gasteiger partial charge is 0.342 e. The van der Waals surface area contributed by atoms with E-state index in [-0.39, 0.29) is 0 Å². The fourth-order valence-corrected chi connectivity index (χ4v) is 4.23. The first-order valence-electron chi connectivity index (χ1n) is 9.78. The molecule has 2 fully saturated rings. The molecule has 0 bridgehead atoms. The molecule has 2 aliphatic rings. The highest BCUT2D eigenvalue weighted by Gasteiger charge is 2.26. The Morgan fingerprint density at radius 1 is 1.04 bits per heavy atom. The van der Waals surface area contributed by atoms with Gasteiger partial charge in [0.2, 0.25) is 5.91 Å². The summed E-state index contributed by atoms with van der Waals surface area (Å²) in [5, 5.41) is 0. The molecule has 1 atom stereocenters. The molecule has 0 aliphatic carbocycles. The van der Waals surface area contributed by atoms with E-state index in [1.54, 1.807) is 0 Å². The van der Waals surface area contributed by atoms with Crippen molar-refractivity contribution in [3.8, 4) is 11.3 Å². The number of hydrogen-bond donors (Lipinski definition) is 0. The van der Waals surface area contributed by atoms with Gasteiger partial charge < -0.3 is 4.90 Å². The van der Waals surface area contributed by atoms with Crippen LogP contribution in [0, 0.1) is 5.92 Å². The Morgan fingerprint density at radius 3 is 2.65 bits per heavy atom. The maximum Gasteiger partial charge on any atom is 0.222 e. The molecule has 0 saturated carbocycles. The van der Waals surface area contributed by atoms with E-state index in [0.29, 0.717) is 11.8 Å². The average molecular weight is 349 g/mol. The maximum atomic E-state index is 11.9. The lowest BCUT2D eigenvalue weighted by Crippen LogP contribution is -2.41. The number of nitrogens with zero attached hydrogens (tertiary/aromatic N) is 3. The quantitative estimate of drug-likeness (QED) is 0.828. The van der Waals surface area contributed by atoms with Crippen LogP contribution in [0.5, 0.6) is 0 Å². The van der Waals surface area contributed by atoms with Crippen LogP contribution < -0.4 is 0 Å². The van der Waals surface area contributed by atoms with E-state index in [0.717, 1.165) is 51.3 Å². The lowest BCUT2D eigenvalue weighted by Gasteiger charge is -2.34. The summed E-state index contributed by atoms with van der Waals surface area (Å²) in [5.41, 5.74) is 3.54.